The maximum atomic E-state index is 12.7. The van der Waals surface area contributed by atoms with Crippen molar-refractivity contribution in [3.8, 4) is 0 Å². The first-order valence-corrected chi connectivity index (χ1v) is 9.30. The standard InChI is InChI=1S/C19H30O7/c1-5-24-15(21)8-10-18-11-13(12-25-16(22)17(2,3)4)26-19(18,23)9-6-7-14(18)20/h13,23H,5-12H2,1-4H3/t13-,18-,19+/m1/s1. The van der Waals surface area contributed by atoms with E-state index in [-0.39, 0.29) is 44.2 Å². The van der Waals surface area contributed by atoms with Gasteiger partial charge in [-0.3, -0.25) is 14.4 Å². The van der Waals surface area contributed by atoms with Crippen LogP contribution in [0.3, 0.4) is 0 Å². The molecule has 2 aliphatic rings. The van der Waals surface area contributed by atoms with Gasteiger partial charge in [0.05, 0.1) is 23.5 Å². The van der Waals surface area contributed by atoms with E-state index in [0.717, 1.165) is 0 Å². The molecule has 148 valence electrons. The van der Waals surface area contributed by atoms with Crippen molar-refractivity contribution in [2.75, 3.05) is 13.2 Å². The lowest BCUT2D eigenvalue weighted by molar-refractivity contribution is -0.251. The lowest BCUT2D eigenvalue weighted by atomic mass is 9.64. The van der Waals surface area contributed by atoms with Crippen molar-refractivity contribution in [3.05, 3.63) is 0 Å². The molecule has 1 saturated carbocycles. The lowest BCUT2D eigenvalue weighted by Gasteiger charge is -2.42. The highest BCUT2D eigenvalue weighted by Crippen LogP contribution is 2.54. The molecule has 0 radical (unpaired) electrons. The number of Topliss-reactive ketones (excluding diaryl/α,β-unsaturated/α-hetero) is 1. The summed E-state index contributed by atoms with van der Waals surface area (Å²) in [6.07, 6.45) is 1.08. The Hall–Kier alpha value is -1.47. The first-order valence-electron chi connectivity index (χ1n) is 9.30. The molecule has 0 amide bonds. The number of hydrogen-bond donors (Lipinski definition) is 1. The SMILES string of the molecule is CCOC(=O)CC[C@]12C[C@H](COC(=O)C(C)(C)C)O[C@@]1(O)CCCC2=O. The van der Waals surface area contributed by atoms with E-state index in [1.165, 1.54) is 0 Å². The van der Waals surface area contributed by atoms with E-state index in [4.69, 9.17) is 14.2 Å². The molecule has 0 bridgehead atoms. The molecule has 0 unspecified atom stereocenters. The van der Waals surface area contributed by atoms with Crippen LogP contribution in [0.2, 0.25) is 0 Å². The van der Waals surface area contributed by atoms with Gasteiger partial charge in [-0.05, 0) is 47.0 Å². The molecule has 1 aliphatic heterocycles. The van der Waals surface area contributed by atoms with Crippen LogP contribution in [0.15, 0.2) is 0 Å². The van der Waals surface area contributed by atoms with Gasteiger partial charge in [-0.25, -0.2) is 0 Å². The monoisotopic (exact) mass is 370 g/mol. The van der Waals surface area contributed by atoms with Gasteiger partial charge in [-0.1, -0.05) is 0 Å². The van der Waals surface area contributed by atoms with E-state index in [1.807, 2.05) is 0 Å². The van der Waals surface area contributed by atoms with Crippen LogP contribution in [0.1, 0.15) is 66.2 Å². The number of ether oxygens (including phenoxy) is 3. The van der Waals surface area contributed by atoms with Crippen molar-refractivity contribution in [2.45, 2.75) is 78.1 Å². The first-order chi connectivity index (χ1) is 12.0. The van der Waals surface area contributed by atoms with Gasteiger partial charge >= 0.3 is 11.9 Å². The summed E-state index contributed by atoms with van der Waals surface area (Å²) in [5.74, 6) is -2.48. The second kappa shape index (κ2) is 7.64. The highest BCUT2D eigenvalue weighted by molar-refractivity contribution is 5.87. The summed E-state index contributed by atoms with van der Waals surface area (Å²) in [6.45, 7) is 7.23. The summed E-state index contributed by atoms with van der Waals surface area (Å²) in [4.78, 5) is 36.5. The molecule has 26 heavy (non-hydrogen) atoms. The van der Waals surface area contributed by atoms with Gasteiger partial charge in [0.1, 0.15) is 12.4 Å². The summed E-state index contributed by atoms with van der Waals surface area (Å²) < 4.78 is 16.0. The number of fused-ring (bicyclic) bond motifs is 1. The highest BCUT2D eigenvalue weighted by Gasteiger charge is 2.64. The molecular weight excluding hydrogens is 340 g/mol. The number of aliphatic hydroxyl groups is 1. The molecule has 1 N–H and O–H groups in total. The summed E-state index contributed by atoms with van der Waals surface area (Å²) in [5.41, 5.74) is -1.78. The Morgan fingerprint density at radius 1 is 1.31 bits per heavy atom. The van der Waals surface area contributed by atoms with Crippen molar-refractivity contribution < 1.29 is 33.7 Å². The fraction of sp³-hybridized carbons (Fsp3) is 0.842. The third-order valence-electron chi connectivity index (χ3n) is 5.21. The van der Waals surface area contributed by atoms with Crippen molar-refractivity contribution in [3.63, 3.8) is 0 Å². The van der Waals surface area contributed by atoms with Crippen LogP contribution in [0.5, 0.6) is 0 Å². The molecule has 1 saturated heterocycles. The smallest absolute Gasteiger partial charge is 0.311 e. The molecule has 0 spiro atoms. The van der Waals surface area contributed by atoms with Gasteiger partial charge in [0.2, 0.25) is 0 Å². The Morgan fingerprint density at radius 2 is 2.00 bits per heavy atom. The average molecular weight is 370 g/mol. The van der Waals surface area contributed by atoms with E-state index >= 15 is 0 Å². The quantitative estimate of drug-likeness (QED) is 0.715. The Bertz CT molecular complexity index is 565. The highest BCUT2D eigenvalue weighted by atomic mass is 16.7. The first kappa shape index (κ1) is 20.8. The van der Waals surface area contributed by atoms with Gasteiger partial charge in [-0.15, -0.1) is 0 Å². The number of carbonyl (C=O) groups excluding carboxylic acids is 3. The van der Waals surface area contributed by atoms with Crippen molar-refractivity contribution in [2.24, 2.45) is 10.8 Å². The fourth-order valence-corrected chi connectivity index (χ4v) is 3.80. The Morgan fingerprint density at radius 3 is 2.62 bits per heavy atom. The third kappa shape index (κ3) is 4.09. The van der Waals surface area contributed by atoms with E-state index in [0.29, 0.717) is 19.3 Å². The zero-order valence-electron chi connectivity index (χ0n) is 16.1. The largest absolute Gasteiger partial charge is 0.466 e. The minimum Gasteiger partial charge on any atom is -0.466 e. The van der Waals surface area contributed by atoms with Crippen LogP contribution in [0.25, 0.3) is 0 Å². The molecule has 0 aromatic carbocycles. The van der Waals surface area contributed by atoms with Crippen molar-refractivity contribution >= 4 is 17.7 Å². The maximum absolute atomic E-state index is 12.7. The minimum atomic E-state index is -1.62. The van der Waals surface area contributed by atoms with Gasteiger partial charge in [0.25, 0.3) is 0 Å². The van der Waals surface area contributed by atoms with Gasteiger partial charge in [0.15, 0.2) is 5.79 Å². The summed E-state index contributed by atoms with van der Waals surface area (Å²) in [6, 6.07) is 0. The summed E-state index contributed by atoms with van der Waals surface area (Å²) in [5, 5.41) is 11.0. The van der Waals surface area contributed by atoms with Crippen molar-refractivity contribution in [1.29, 1.82) is 0 Å². The van der Waals surface area contributed by atoms with Crippen LogP contribution in [-0.2, 0) is 28.6 Å². The van der Waals surface area contributed by atoms with E-state index in [9.17, 15) is 19.5 Å². The average Bonchev–Trinajstić information content (AvgIpc) is 2.84. The fourth-order valence-electron chi connectivity index (χ4n) is 3.80. The predicted molar refractivity (Wildman–Crippen MR) is 92.0 cm³/mol. The number of rotatable bonds is 6. The number of esters is 2. The maximum Gasteiger partial charge on any atom is 0.311 e. The van der Waals surface area contributed by atoms with E-state index in [2.05, 4.69) is 0 Å². The van der Waals surface area contributed by atoms with Crippen molar-refractivity contribution in [1.82, 2.24) is 0 Å². The molecule has 0 aromatic rings. The van der Waals surface area contributed by atoms with Crippen LogP contribution in [0, 0.1) is 10.8 Å². The van der Waals surface area contributed by atoms with E-state index < -0.39 is 28.7 Å². The molecule has 7 heteroatoms. The Labute approximate surface area is 154 Å². The Kier molecular flexibility index (Phi) is 6.13. The zero-order valence-corrected chi connectivity index (χ0v) is 16.1. The molecule has 3 atom stereocenters. The normalized spacial score (nSPS) is 31.4. The molecule has 7 nitrogen and oxygen atoms in total. The predicted octanol–water partition coefficient (Wildman–Crippen LogP) is 2.14. The molecular formula is C19H30O7. The van der Waals surface area contributed by atoms with Crippen LogP contribution >= 0.6 is 0 Å². The van der Waals surface area contributed by atoms with Gasteiger partial charge in [0, 0.05) is 19.3 Å². The van der Waals surface area contributed by atoms with Gasteiger partial charge < -0.3 is 19.3 Å². The molecule has 2 rings (SSSR count). The minimum absolute atomic E-state index is 0.0210. The van der Waals surface area contributed by atoms with Crippen LogP contribution in [0.4, 0.5) is 0 Å². The molecule has 1 heterocycles. The number of carbonyl (C=O) groups is 3. The lowest BCUT2D eigenvalue weighted by Crippen LogP contribution is -2.53. The Balaban J connectivity index is 2.10. The summed E-state index contributed by atoms with van der Waals surface area (Å²) >= 11 is 0. The molecule has 1 aliphatic carbocycles. The van der Waals surface area contributed by atoms with Crippen LogP contribution in [-0.4, -0.2) is 47.9 Å². The second-order valence-corrected chi connectivity index (χ2v) is 8.24. The van der Waals surface area contributed by atoms with E-state index in [1.54, 1.807) is 27.7 Å². The zero-order chi connectivity index (χ0) is 19.6. The second-order valence-electron chi connectivity index (χ2n) is 8.24. The van der Waals surface area contributed by atoms with Crippen LogP contribution < -0.4 is 0 Å². The number of hydrogen-bond acceptors (Lipinski definition) is 7. The third-order valence-corrected chi connectivity index (χ3v) is 5.21. The number of ketones is 1. The summed E-state index contributed by atoms with van der Waals surface area (Å²) in [7, 11) is 0. The molecule has 0 aromatic heterocycles. The molecule has 2 fully saturated rings. The topological polar surface area (TPSA) is 99.1 Å². The van der Waals surface area contributed by atoms with Gasteiger partial charge in [-0.2, -0.15) is 0 Å².